The molecule has 7 nitrogen and oxygen atoms in total. The standard InChI is InChI=1S/C17H15N3O4/c1-9-8-14(11(3)23-9)16-19-20-17(24-16)18-15(22)13-6-4-12(5-7-13)10(2)21/h4-8H,1-3H3,(H,18,20,22). The molecule has 7 heteroatoms. The van der Waals surface area contributed by atoms with E-state index >= 15 is 0 Å². The van der Waals surface area contributed by atoms with Crippen LogP contribution in [0.2, 0.25) is 0 Å². The second-order valence-electron chi connectivity index (χ2n) is 5.33. The number of Topliss-reactive ketones (excluding diaryl/α,β-unsaturated/α-hetero) is 1. The Morgan fingerprint density at radius 3 is 2.25 bits per heavy atom. The summed E-state index contributed by atoms with van der Waals surface area (Å²) in [6.07, 6.45) is 0. The van der Waals surface area contributed by atoms with Crippen molar-refractivity contribution in [2.75, 3.05) is 5.32 Å². The summed E-state index contributed by atoms with van der Waals surface area (Å²) < 4.78 is 10.9. The van der Waals surface area contributed by atoms with Crippen LogP contribution in [0.25, 0.3) is 11.5 Å². The molecular weight excluding hydrogens is 310 g/mol. The van der Waals surface area contributed by atoms with Gasteiger partial charge in [-0.3, -0.25) is 14.9 Å². The quantitative estimate of drug-likeness (QED) is 0.738. The number of rotatable bonds is 4. The Kier molecular flexibility index (Phi) is 3.99. The number of anilines is 1. The van der Waals surface area contributed by atoms with E-state index in [1.54, 1.807) is 37.3 Å². The molecule has 0 unspecified atom stereocenters. The van der Waals surface area contributed by atoms with Gasteiger partial charge >= 0.3 is 6.01 Å². The highest BCUT2D eigenvalue weighted by Gasteiger charge is 2.16. The Hall–Kier alpha value is -3.22. The molecule has 0 saturated carbocycles. The van der Waals surface area contributed by atoms with Crippen LogP contribution in [-0.4, -0.2) is 21.9 Å². The summed E-state index contributed by atoms with van der Waals surface area (Å²) in [6.45, 7) is 5.08. The molecule has 0 aliphatic carbocycles. The van der Waals surface area contributed by atoms with Gasteiger partial charge in [0.25, 0.3) is 11.8 Å². The molecule has 0 fully saturated rings. The number of nitrogens with zero attached hydrogens (tertiary/aromatic N) is 2. The fourth-order valence-electron chi connectivity index (χ4n) is 2.25. The highest BCUT2D eigenvalue weighted by molar-refractivity contribution is 6.04. The molecule has 3 rings (SSSR count). The van der Waals surface area contributed by atoms with E-state index in [1.165, 1.54) is 6.92 Å². The average molecular weight is 325 g/mol. The number of ketones is 1. The minimum absolute atomic E-state index is 0.0103. The Labute approximate surface area is 137 Å². The van der Waals surface area contributed by atoms with Gasteiger partial charge in [0.15, 0.2) is 5.78 Å². The topological polar surface area (TPSA) is 98.2 Å². The first-order chi connectivity index (χ1) is 11.4. The Morgan fingerprint density at radius 1 is 1.00 bits per heavy atom. The van der Waals surface area contributed by atoms with Crippen LogP contribution in [0.5, 0.6) is 0 Å². The minimum Gasteiger partial charge on any atom is -0.466 e. The largest absolute Gasteiger partial charge is 0.466 e. The zero-order valence-corrected chi connectivity index (χ0v) is 13.4. The van der Waals surface area contributed by atoms with Crippen molar-refractivity contribution in [1.82, 2.24) is 10.2 Å². The smallest absolute Gasteiger partial charge is 0.322 e. The molecule has 1 amide bonds. The molecule has 0 aliphatic rings. The maximum absolute atomic E-state index is 12.2. The van der Waals surface area contributed by atoms with Crippen LogP contribution >= 0.6 is 0 Å². The number of hydrogen-bond donors (Lipinski definition) is 1. The van der Waals surface area contributed by atoms with Gasteiger partial charge in [0.1, 0.15) is 11.5 Å². The molecule has 0 radical (unpaired) electrons. The lowest BCUT2D eigenvalue weighted by molar-refractivity contribution is 0.100. The summed E-state index contributed by atoms with van der Waals surface area (Å²) in [4.78, 5) is 23.4. The Balaban J connectivity index is 1.75. The van der Waals surface area contributed by atoms with E-state index < -0.39 is 5.91 Å². The predicted octanol–water partition coefficient (Wildman–Crippen LogP) is 3.40. The van der Waals surface area contributed by atoms with Crippen molar-refractivity contribution >= 4 is 17.7 Å². The van der Waals surface area contributed by atoms with Crippen molar-refractivity contribution in [3.8, 4) is 11.5 Å². The third-order valence-electron chi connectivity index (χ3n) is 3.47. The summed E-state index contributed by atoms with van der Waals surface area (Å²) in [5, 5.41) is 10.2. The van der Waals surface area contributed by atoms with E-state index in [0.29, 0.717) is 22.5 Å². The van der Waals surface area contributed by atoms with Crippen molar-refractivity contribution in [3.05, 3.63) is 53.0 Å². The van der Waals surface area contributed by atoms with Gasteiger partial charge in [-0.15, -0.1) is 5.10 Å². The fourth-order valence-corrected chi connectivity index (χ4v) is 2.25. The highest BCUT2D eigenvalue weighted by Crippen LogP contribution is 2.26. The molecule has 2 heterocycles. The van der Waals surface area contributed by atoms with Crippen molar-refractivity contribution in [3.63, 3.8) is 0 Å². The van der Waals surface area contributed by atoms with Gasteiger partial charge in [-0.1, -0.05) is 17.2 Å². The van der Waals surface area contributed by atoms with Gasteiger partial charge in [0.05, 0.1) is 5.56 Å². The number of amides is 1. The third-order valence-corrected chi connectivity index (χ3v) is 3.47. The zero-order chi connectivity index (χ0) is 17.3. The maximum Gasteiger partial charge on any atom is 0.322 e. The first-order valence-electron chi connectivity index (χ1n) is 7.27. The minimum atomic E-state index is -0.402. The van der Waals surface area contributed by atoms with Crippen LogP contribution < -0.4 is 5.32 Å². The molecule has 24 heavy (non-hydrogen) atoms. The molecule has 0 bridgehead atoms. The van der Waals surface area contributed by atoms with E-state index in [2.05, 4.69) is 15.5 Å². The summed E-state index contributed by atoms with van der Waals surface area (Å²) in [6, 6.07) is 8.08. The van der Waals surface area contributed by atoms with Gasteiger partial charge in [-0.25, -0.2) is 0 Å². The number of carbonyl (C=O) groups is 2. The van der Waals surface area contributed by atoms with Gasteiger partial charge in [0, 0.05) is 11.1 Å². The SMILES string of the molecule is CC(=O)c1ccc(C(=O)Nc2nnc(-c3cc(C)oc3C)o2)cc1. The lowest BCUT2D eigenvalue weighted by atomic mass is 10.1. The van der Waals surface area contributed by atoms with Crippen molar-refractivity contribution in [2.45, 2.75) is 20.8 Å². The molecular formula is C17H15N3O4. The highest BCUT2D eigenvalue weighted by atomic mass is 16.4. The third kappa shape index (κ3) is 3.10. The Bertz CT molecular complexity index is 906. The van der Waals surface area contributed by atoms with Crippen LogP contribution in [0, 0.1) is 13.8 Å². The lowest BCUT2D eigenvalue weighted by Gasteiger charge is -2.01. The number of furan rings is 1. The van der Waals surface area contributed by atoms with Crippen LogP contribution in [0.15, 0.2) is 39.2 Å². The number of benzene rings is 1. The molecule has 1 aromatic carbocycles. The number of nitrogens with one attached hydrogen (secondary N) is 1. The van der Waals surface area contributed by atoms with Gasteiger partial charge in [-0.2, -0.15) is 0 Å². The van der Waals surface area contributed by atoms with E-state index in [9.17, 15) is 9.59 Å². The molecule has 3 aromatic rings. The van der Waals surface area contributed by atoms with Gasteiger partial charge in [0.2, 0.25) is 0 Å². The average Bonchev–Trinajstić information content (AvgIpc) is 3.13. The molecule has 0 atom stereocenters. The van der Waals surface area contributed by atoms with Crippen LogP contribution in [-0.2, 0) is 0 Å². The zero-order valence-electron chi connectivity index (χ0n) is 13.4. The predicted molar refractivity (Wildman–Crippen MR) is 85.9 cm³/mol. The fraction of sp³-hybridized carbons (Fsp3) is 0.176. The summed E-state index contributed by atoms with van der Waals surface area (Å²) in [5.41, 5.74) is 1.61. The number of aryl methyl sites for hydroxylation is 2. The molecule has 0 aliphatic heterocycles. The van der Waals surface area contributed by atoms with Crippen LogP contribution in [0.3, 0.4) is 0 Å². The maximum atomic E-state index is 12.2. The van der Waals surface area contributed by atoms with Crippen LogP contribution in [0.1, 0.15) is 39.2 Å². The molecule has 0 saturated heterocycles. The molecule has 0 spiro atoms. The lowest BCUT2D eigenvalue weighted by Crippen LogP contribution is -2.12. The van der Waals surface area contributed by atoms with E-state index in [0.717, 1.165) is 5.76 Å². The van der Waals surface area contributed by atoms with Crippen molar-refractivity contribution in [1.29, 1.82) is 0 Å². The van der Waals surface area contributed by atoms with Gasteiger partial charge < -0.3 is 8.83 Å². The number of hydrogen-bond acceptors (Lipinski definition) is 6. The van der Waals surface area contributed by atoms with E-state index in [-0.39, 0.29) is 17.7 Å². The summed E-state index contributed by atoms with van der Waals surface area (Å²) >= 11 is 0. The second-order valence-corrected chi connectivity index (χ2v) is 5.33. The molecule has 1 N–H and O–H groups in total. The summed E-state index contributed by atoms with van der Waals surface area (Å²) in [5.74, 6) is 1.20. The van der Waals surface area contributed by atoms with Crippen molar-refractivity contribution < 1.29 is 18.4 Å². The monoisotopic (exact) mass is 325 g/mol. The number of carbonyl (C=O) groups excluding carboxylic acids is 2. The Morgan fingerprint density at radius 2 is 1.67 bits per heavy atom. The first-order valence-corrected chi connectivity index (χ1v) is 7.27. The molecule has 2 aromatic heterocycles. The van der Waals surface area contributed by atoms with Crippen LogP contribution in [0.4, 0.5) is 6.01 Å². The normalized spacial score (nSPS) is 10.6. The van der Waals surface area contributed by atoms with Gasteiger partial charge in [-0.05, 0) is 39.0 Å². The second kappa shape index (κ2) is 6.11. The van der Waals surface area contributed by atoms with Crippen molar-refractivity contribution in [2.24, 2.45) is 0 Å². The first kappa shape index (κ1) is 15.7. The summed E-state index contributed by atoms with van der Waals surface area (Å²) in [7, 11) is 0. The number of aromatic nitrogens is 2. The van der Waals surface area contributed by atoms with E-state index in [4.69, 9.17) is 8.83 Å². The molecule has 122 valence electrons. The van der Waals surface area contributed by atoms with E-state index in [1.807, 2.05) is 6.92 Å².